The van der Waals surface area contributed by atoms with Gasteiger partial charge >= 0.3 is 0 Å². The van der Waals surface area contributed by atoms with Crippen molar-refractivity contribution in [3.05, 3.63) is 17.5 Å². The van der Waals surface area contributed by atoms with Gasteiger partial charge in [-0.15, -0.1) is 24.0 Å². The summed E-state index contributed by atoms with van der Waals surface area (Å²) in [4.78, 5) is 9.29. The number of likely N-dealkylation sites (N-methyl/N-ethyl adjacent to an activating group) is 1. The van der Waals surface area contributed by atoms with Gasteiger partial charge in [0, 0.05) is 58.6 Å². The molecule has 0 aliphatic carbocycles. The van der Waals surface area contributed by atoms with E-state index in [0.717, 1.165) is 37.7 Å². The zero-order valence-electron chi connectivity index (χ0n) is 17.5. The zero-order chi connectivity index (χ0) is 18.8. The second kappa shape index (κ2) is 13.3. The quantitative estimate of drug-likeness (QED) is 0.239. The van der Waals surface area contributed by atoms with Crippen LogP contribution in [0.2, 0.25) is 0 Å². The number of nitrogens with one attached hydrogen (secondary N) is 2. The molecule has 0 bridgehead atoms. The summed E-state index contributed by atoms with van der Waals surface area (Å²) in [6, 6.07) is 2.12. The van der Waals surface area contributed by atoms with Gasteiger partial charge in [-0.25, -0.2) is 0 Å². The van der Waals surface area contributed by atoms with Gasteiger partial charge in [-0.1, -0.05) is 0 Å². The van der Waals surface area contributed by atoms with E-state index in [0.29, 0.717) is 0 Å². The summed E-state index contributed by atoms with van der Waals surface area (Å²) in [6.45, 7) is 13.0. The van der Waals surface area contributed by atoms with E-state index in [2.05, 4.69) is 55.2 Å². The fraction of sp³-hybridized carbons (Fsp3) is 0.789. The zero-order valence-corrected chi connectivity index (χ0v) is 19.8. The Kier molecular flexibility index (Phi) is 11.9. The molecule has 2 rings (SSSR count). The predicted octanol–water partition coefficient (Wildman–Crippen LogP) is 1.70. The van der Waals surface area contributed by atoms with Crippen LogP contribution in [0.5, 0.6) is 0 Å². The number of unbranched alkanes of at least 4 members (excludes halogenated alkanes) is 1. The SMILES string of the molecule is CN=C(NCCCCN1CCN(C)CC1)NCCCn1nc(C)cc1C.I. The molecule has 27 heavy (non-hydrogen) atoms. The molecule has 2 heterocycles. The maximum atomic E-state index is 4.50. The van der Waals surface area contributed by atoms with Crippen molar-refractivity contribution in [1.29, 1.82) is 0 Å². The van der Waals surface area contributed by atoms with Gasteiger partial charge in [0.15, 0.2) is 5.96 Å². The Morgan fingerprint density at radius 1 is 1.04 bits per heavy atom. The smallest absolute Gasteiger partial charge is 0.190 e. The number of piperazine rings is 1. The minimum Gasteiger partial charge on any atom is -0.356 e. The number of nitrogens with zero attached hydrogens (tertiary/aromatic N) is 5. The molecular formula is C19H38IN7. The molecule has 0 unspecified atom stereocenters. The average Bonchev–Trinajstić information content (AvgIpc) is 2.95. The van der Waals surface area contributed by atoms with Crippen molar-refractivity contribution in [2.45, 2.75) is 39.7 Å². The molecule has 0 spiro atoms. The highest BCUT2D eigenvalue weighted by Gasteiger charge is 2.12. The molecule has 1 aliphatic rings. The van der Waals surface area contributed by atoms with E-state index >= 15 is 0 Å². The molecule has 7 nitrogen and oxygen atoms in total. The van der Waals surface area contributed by atoms with Crippen LogP contribution in [0.15, 0.2) is 11.1 Å². The first-order valence-electron chi connectivity index (χ1n) is 9.95. The molecule has 0 atom stereocenters. The Morgan fingerprint density at radius 2 is 1.70 bits per heavy atom. The minimum atomic E-state index is 0. The number of rotatable bonds is 9. The predicted molar refractivity (Wildman–Crippen MR) is 124 cm³/mol. The molecule has 156 valence electrons. The molecule has 1 aliphatic heterocycles. The maximum absolute atomic E-state index is 4.50. The third-order valence-corrected chi connectivity index (χ3v) is 4.96. The summed E-state index contributed by atoms with van der Waals surface area (Å²) in [7, 11) is 4.04. The van der Waals surface area contributed by atoms with Gasteiger partial charge in [0.25, 0.3) is 0 Å². The number of halogens is 1. The highest BCUT2D eigenvalue weighted by atomic mass is 127. The topological polar surface area (TPSA) is 60.7 Å². The molecule has 2 N–H and O–H groups in total. The van der Waals surface area contributed by atoms with E-state index in [1.165, 1.54) is 51.3 Å². The fourth-order valence-electron chi connectivity index (χ4n) is 3.30. The minimum absolute atomic E-state index is 0. The van der Waals surface area contributed by atoms with Gasteiger partial charge in [0.2, 0.25) is 0 Å². The maximum Gasteiger partial charge on any atom is 0.190 e. The van der Waals surface area contributed by atoms with E-state index in [4.69, 9.17) is 0 Å². The van der Waals surface area contributed by atoms with Crippen LogP contribution in [0.1, 0.15) is 30.7 Å². The van der Waals surface area contributed by atoms with Crippen molar-refractivity contribution in [1.82, 2.24) is 30.2 Å². The van der Waals surface area contributed by atoms with E-state index in [1.807, 2.05) is 14.0 Å². The van der Waals surface area contributed by atoms with Gasteiger partial charge in [-0.3, -0.25) is 9.67 Å². The number of aliphatic imine (C=N–C) groups is 1. The molecule has 0 aromatic carbocycles. The van der Waals surface area contributed by atoms with Crippen molar-refractivity contribution in [3.63, 3.8) is 0 Å². The lowest BCUT2D eigenvalue weighted by Gasteiger charge is -2.32. The summed E-state index contributed by atoms with van der Waals surface area (Å²) in [5.74, 6) is 0.901. The molecule has 1 saturated heterocycles. The largest absolute Gasteiger partial charge is 0.356 e. The van der Waals surface area contributed by atoms with Crippen LogP contribution in [0.3, 0.4) is 0 Å². The summed E-state index contributed by atoms with van der Waals surface area (Å²) in [5, 5.41) is 11.3. The van der Waals surface area contributed by atoms with E-state index < -0.39 is 0 Å². The standard InChI is InChI=1S/C19H37N7.HI/c1-17-16-18(2)26(23-17)11-7-9-22-19(20-3)21-8-5-6-10-25-14-12-24(4)13-15-25;/h16H,5-15H2,1-4H3,(H2,20,21,22);1H. The Balaban J connectivity index is 0.00000364. The lowest BCUT2D eigenvalue weighted by atomic mass is 10.2. The Hall–Kier alpha value is -0.870. The highest BCUT2D eigenvalue weighted by molar-refractivity contribution is 14.0. The number of hydrogen-bond acceptors (Lipinski definition) is 4. The van der Waals surface area contributed by atoms with E-state index in [1.54, 1.807) is 0 Å². The lowest BCUT2D eigenvalue weighted by Crippen LogP contribution is -2.44. The van der Waals surface area contributed by atoms with Crippen LogP contribution in [0.4, 0.5) is 0 Å². The number of hydrogen-bond donors (Lipinski definition) is 2. The third kappa shape index (κ3) is 9.25. The first kappa shape index (κ1) is 24.2. The molecule has 0 radical (unpaired) electrons. The van der Waals surface area contributed by atoms with Crippen LogP contribution < -0.4 is 10.6 Å². The number of guanidine groups is 1. The molecule has 0 saturated carbocycles. The van der Waals surface area contributed by atoms with Crippen molar-refractivity contribution in [2.75, 3.05) is 59.9 Å². The first-order chi connectivity index (χ1) is 12.6. The van der Waals surface area contributed by atoms with Crippen molar-refractivity contribution in [2.24, 2.45) is 4.99 Å². The fourth-order valence-corrected chi connectivity index (χ4v) is 3.30. The highest BCUT2D eigenvalue weighted by Crippen LogP contribution is 2.02. The second-order valence-electron chi connectivity index (χ2n) is 7.28. The van der Waals surface area contributed by atoms with Crippen molar-refractivity contribution < 1.29 is 0 Å². The third-order valence-electron chi connectivity index (χ3n) is 4.96. The second-order valence-corrected chi connectivity index (χ2v) is 7.28. The van der Waals surface area contributed by atoms with Gasteiger partial charge in [0.1, 0.15) is 0 Å². The number of aryl methyl sites for hydroxylation is 3. The molecule has 8 heteroatoms. The van der Waals surface area contributed by atoms with Crippen LogP contribution >= 0.6 is 24.0 Å². The summed E-state index contributed by atoms with van der Waals surface area (Å²) in [6.07, 6.45) is 3.45. The Morgan fingerprint density at radius 3 is 2.30 bits per heavy atom. The van der Waals surface area contributed by atoms with Crippen LogP contribution in [-0.2, 0) is 6.54 Å². The van der Waals surface area contributed by atoms with Crippen molar-refractivity contribution in [3.8, 4) is 0 Å². The summed E-state index contributed by atoms with van der Waals surface area (Å²) in [5.41, 5.74) is 2.31. The Bertz CT molecular complexity index is 550. The van der Waals surface area contributed by atoms with Gasteiger partial charge < -0.3 is 20.4 Å². The summed E-state index contributed by atoms with van der Waals surface area (Å²) >= 11 is 0. The van der Waals surface area contributed by atoms with Crippen molar-refractivity contribution >= 4 is 29.9 Å². The Labute approximate surface area is 182 Å². The van der Waals surface area contributed by atoms with Crippen LogP contribution in [-0.4, -0.2) is 85.4 Å². The normalized spacial score (nSPS) is 16.2. The summed E-state index contributed by atoms with van der Waals surface area (Å²) < 4.78 is 2.07. The molecule has 1 aromatic rings. The first-order valence-corrected chi connectivity index (χ1v) is 9.95. The van der Waals surface area contributed by atoms with Gasteiger partial charge in [-0.05, 0) is 52.8 Å². The van der Waals surface area contributed by atoms with E-state index in [-0.39, 0.29) is 24.0 Å². The molecule has 0 amide bonds. The van der Waals surface area contributed by atoms with Gasteiger partial charge in [0.05, 0.1) is 5.69 Å². The molecule has 1 aromatic heterocycles. The lowest BCUT2D eigenvalue weighted by molar-refractivity contribution is 0.152. The van der Waals surface area contributed by atoms with Crippen LogP contribution in [0.25, 0.3) is 0 Å². The molecular weight excluding hydrogens is 453 g/mol. The monoisotopic (exact) mass is 491 g/mol. The molecule has 1 fully saturated rings. The van der Waals surface area contributed by atoms with E-state index in [9.17, 15) is 0 Å². The van der Waals surface area contributed by atoms with Crippen LogP contribution in [0, 0.1) is 13.8 Å². The van der Waals surface area contributed by atoms with Gasteiger partial charge in [-0.2, -0.15) is 5.10 Å². The number of aromatic nitrogens is 2. The average molecular weight is 491 g/mol.